The number of aromatic nitrogens is 4. The fraction of sp³-hybridized carbons (Fsp3) is 0. The summed E-state index contributed by atoms with van der Waals surface area (Å²) in [4.78, 5) is 16.6. The number of aromatic amines is 2. The Balaban J connectivity index is 0.00000229. The van der Waals surface area contributed by atoms with Gasteiger partial charge in [0.2, 0.25) is 0 Å². The quantitative estimate of drug-likeness (QED) is 0.234. The molecule has 0 saturated carbocycles. The normalized spacial score (nSPS) is 12.1. The molecule has 0 aliphatic carbocycles. The van der Waals surface area contributed by atoms with Crippen molar-refractivity contribution in [3.63, 3.8) is 0 Å². The number of fused-ring (bicyclic) bond motifs is 9. The van der Waals surface area contributed by atoms with Crippen LogP contribution in [-0.4, -0.2) is 19.9 Å². The second-order valence-electron chi connectivity index (χ2n) is 8.65. The van der Waals surface area contributed by atoms with Gasteiger partial charge in [-0.25, -0.2) is 9.97 Å². The number of hydrogen-bond donors (Lipinski definition) is 2. The molecule has 2 aromatic carbocycles. The Kier molecular flexibility index (Phi) is 5.22. The summed E-state index contributed by atoms with van der Waals surface area (Å²) in [6, 6.07) is 29.8. The number of rotatable bonds is 1. The van der Waals surface area contributed by atoms with Gasteiger partial charge in [-0.15, -0.1) is 0 Å². The summed E-state index contributed by atoms with van der Waals surface area (Å²) in [7, 11) is 0. The zero-order chi connectivity index (χ0) is 22.5. The van der Waals surface area contributed by atoms with Gasteiger partial charge in [-0.05, 0) is 89.2 Å². The van der Waals surface area contributed by atoms with Crippen LogP contribution in [0.4, 0.5) is 0 Å². The molecule has 0 amide bonds. The summed E-state index contributed by atoms with van der Waals surface area (Å²) in [5.41, 5.74) is 10.1. The van der Waals surface area contributed by atoms with Crippen molar-refractivity contribution in [2.75, 3.05) is 0 Å². The number of nitrogens with zero attached hydrogens (tertiary/aromatic N) is 2. The monoisotopic (exact) mass is 491 g/mol. The van der Waals surface area contributed by atoms with Gasteiger partial charge in [0.1, 0.15) is 0 Å². The molecule has 5 aromatic rings. The molecule has 8 bridgehead atoms. The minimum Gasteiger partial charge on any atom is -0.355 e. The SMILES string of the molecule is C1=Cc2cc3ccc(cc4cc(-c5ccc6ccccc6c5)c(cc5nc(cc1n2)C=C5)[nH]4)[nH]3.[Mn]. The number of benzene rings is 2. The molecule has 167 valence electrons. The maximum atomic E-state index is 4.81. The summed E-state index contributed by atoms with van der Waals surface area (Å²) in [5.74, 6) is 0. The van der Waals surface area contributed by atoms with Crippen LogP contribution in [0.25, 0.3) is 68.3 Å². The van der Waals surface area contributed by atoms with Gasteiger partial charge < -0.3 is 9.97 Å². The van der Waals surface area contributed by atoms with Crippen molar-refractivity contribution >= 4 is 57.1 Å². The molecule has 2 aliphatic heterocycles. The summed E-state index contributed by atoms with van der Waals surface area (Å²) in [6.07, 6.45) is 8.12. The van der Waals surface area contributed by atoms with Crippen LogP contribution in [0, 0.1) is 0 Å². The molecule has 4 nitrogen and oxygen atoms in total. The minimum absolute atomic E-state index is 0. The summed E-state index contributed by atoms with van der Waals surface area (Å²) in [6.45, 7) is 0. The van der Waals surface area contributed by atoms with Crippen molar-refractivity contribution in [1.82, 2.24) is 19.9 Å². The van der Waals surface area contributed by atoms with Crippen LogP contribution in [0.15, 0.2) is 84.9 Å². The van der Waals surface area contributed by atoms with Gasteiger partial charge in [0.05, 0.1) is 22.8 Å². The third-order valence-electron chi connectivity index (χ3n) is 6.23. The standard InChI is InChI=1S/C30H20N4.Mn/c1-2-4-20-13-21(6-5-19(20)3-1)29-17-28-16-26-10-9-24(32-26)14-22-7-8-23(31-22)15-25-11-12-27(33-25)18-30(29)34-28;/h1-18,32,34H;. The molecule has 2 N–H and O–H groups in total. The molecular weight excluding hydrogens is 471 g/mol. The molecule has 0 fully saturated rings. The van der Waals surface area contributed by atoms with Gasteiger partial charge in [-0.2, -0.15) is 0 Å². The number of nitrogens with one attached hydrogen (secondary N) is 2. The third kappa shape index (κ3) is 4.12. The van der Waals surface area contributed by atoms with Crippen molar-refractivity contribution in [3.05, 3.63) is 108 Å². The molecule has 0 unspecified atom stereocenters. The van der Waals surface area contributed by atoms with Gasteiger partial charge in [-0.3, -0.25) is 0 Å². The summed E-state index contributed by atoms with van der Waals surface area (Å²) < 4.78 is 0. The zero-order valence-electron chi connectivity index (χ0n) is 18.7. The summed E-state index contributed by atoms with van der Waals surface area (Å²) in [5, 5.41) is 2.46. The number of hydrogen-bond acceptors (Lipinski definition) is 2. The van der Waals surface area contributed by atoms with Crippen LogP contribution < -0.4 is 0 Å². The largest absolute Gasteiger partial charge is 0.355 e. The topological polar surface area (TPSA) is 57.4 Å². The maximum Gasteiger partial charge on any atom is 0.0659 e. The molecule has 0 atom stereocenters. The van der Waals surface area contributed by atoms with E-state index in [2.05, 4.69) is 88.8 Å². The van der Waals surface area contributed by atoms with E-state index in [0.29, 0.717) is 0 Å². The van der Waals surface area contributed by atoms with Crippen LogP contribution in [0.2, 0.25) is 0 Å². The molecule has 7 rings (SSSR count). The van der Waals surface area contributed by atoms with E-state index in [1.165, 1.54) is 16.3 Å². The molecule has 3 aromatic heterocycles. The predicted octanol–water partition coefficient (Wildman–Crippen LogP) is 7.47. The molecule has 35 heavy (non-hydrogen) atoms. The van der Waals surface area contributed by atoms with Gasteiger partial charge in [-0.1, -0.05) is 36.4 Å². The van der Waals surface area contributed by atoms with Crippen molar-refractivity contribution < 1.29 is 17.1 Å². The second-order valence-corrected chi connectivity index (χ2v) is 8.65. The van der Waals surface area contributed by atoms with E-state index in [-0.39, 0.29) is 17.1 Å². The van der Waals surface area contributed by atoms with Crippen LogP contribution in [-0.2, 0) is 17.1 Å². The predicted molar refractivity (Wildman–Crippen MR) is 142 cm³/mol. The average molecular weight is 491 g/mol. The fourth-order valence-electron chi connectivity index (χ4n) is 4.61. The molecule has 5 heteroatoms. The minimum atomic E-state index is 0. The van der Waals surface area contributed by atoms with E-state index in [4.69, 9.17) is 9.97 Å². The molecule has 0 spiro atoms. The first-order valence-electron chi connectivity index (χ1n) is 11.3. The van der Waals surface area contributed by atoms with E-state index in [1.807, 2.05) is 30.4 Å². The average Bonchev–Trinajstić information content (AvgIpc) is 3.64. The Morgan fingerprint density at radius 2 is 1.14 bits per heavy atom. The van der Waals surface area contributed by atoms with Gasteiger partial charge >= 0.3 is 0 Å². The Morgan fingerprint density at radius 3 is 1.91 bits per heavy atom. The van der Waals surface area contributed by atoms with Crippen molar-refractivity contribution in [2.24, 2.45) is 0 Å². The van der Waals surface area contributed by atoms with Gasteiger partial charge in [0, 0.05) is 44.7 Å². The Bertz CT molecular complexity index is 1820. The molecular formula is C30H20MnN4. The van der Waals surface area contributed by atoms with E-state index < -0.39 is 0 Å². The van der Waals surface area contributed by atoms with E-state index in [1.54, 1.807) is 0 Å². The third-order valence-corrected chi connectivity index (χ3v) is 6.23. The van der Waals surface area contributed by atoms with Crippen molar-refractivity contribution in [2.45, 2.75) is 0 Å². The Morgan fingerprint density at radius 1 is 0.486 bits per heavy atom. The van der Waals surface area contributed by atoms with E-state index >= 15 is 0 Å². The smallest absolute Gasteiger partial charge is 0.0659 e. The van der Waals surface area contributed by atoms with Gasteiger partial charge in [0.25, 0.3) is 0 Å². The van der Waals surface area contributed by atoms with Crippen LogP contribution >= 0.6 is 0 Å². The van der Waals surface area contributed by atoms with Crippen molar-refractivity contribution in [3.8, 4) is 11.1 Å². The molecule has 0 saturated heterocycles. The second kappa shape index (κ2) is 8.55. The Hall–Kier alpha value is -4.18. The zero-order valence-corrected chi connectivity index (χ0v) is 19.8. The fourth-order valence-corrected chi connectivity index (χ4v) is 4.61. The molecule has 2 aliphatic rings. The first kappa shape index (κ1) is 21.4. The molecule has 5 heterocycles. The van der Waals surface area contributed by atoms with E-state index in [9.17, 15) is 0 Å². The van der Waals surface area contributed by atoms with Crippen LogP contribution in [0.3, 0.4) is 0 Å². The summed E-state index contributed by atoms with van der Waals surface area (Å²) >= 11 is 0. The number of H-pyrrole nitrogens is 2. The van der Waals surface area contributed by atoms with Crippen molar-refractivity contribution in [1.29, 1.82) is 0 Å². The van der Waals surface area contributed by atoms with E-state index in [0.717, 1.165) is 50.4 Å². The van der Waals surface area contributed by atoms with Crippen LogP contribution in [0.1, 0.15) is 22.8 Å². The Labute approximate surface area is 212 Å². The first-order valence-corrected chi connectivity index (χ1v) is 11.3. The maximum absolute atomic E-state index is 4.81. The van der Waals surface area contributed by atoms with Crippen LogP contribution in [0.5, 0.6) is 0 Å². The van der Waals surface area contributed by atoms with Gasteiger partial charge in [0.15, 0.2) is 0 Å². The molecule has 1 radical (unpaired) electrons. The first-order chi connectivity index (χ1) is 16.7.